The van der Waals surface area contributed by atoms with Crippen molar-refractivity contribution in [3.8, 4) is 0 Å². The van der Waals surface area contributed by atoms with E-state index < -0.39 is 0 Å². The Morgan fingerprint density at radius 2 is 2.29 bits per heavy atom. The van der Waals surface area contributed by atoms with E-state index in [0.29, 0.717) is 28.8 Å². The van der Waals surface area contributed by atoms with Crippen molar-refractivity contribution in [1.29, 1.82) is 0 Å². The Labute approximate surface area is 149 Å². The lowest BCUT2D eigenvalue weighted by Crippen LogP contribution is -2.27. The summed E-state index contributed by atoms with van der Waals surface area (Å²) in [4.78, 5) is 29.8. The number of carbonyl (C=O) groups excluding carboxylic acids is 2. The second-order valence-corrected chi connectivity index (χ2v) is 6.95. The van der Waals surface area contributed by atoms with Gasteiger partial charge in [0.05, 0.1) is 12.1 Å². The molecular formula is C17H18ClN3O2S. The highest BCUT2D eigenvalue weighted by atomic mass is 35.5. The van der Waals surface area contributed by atoms with Crippen molar-refractivity contribution < 1.29 is 9.59 Å². The number of aromatic nitrogens is 1. The molecule has 0 aliphatic carbocycles. The maximum atomic E-state index is 12.0. The van der Waals surface area contributed by atoms with E-state index in [9.17, 15) is 9.59 Å². The summed E-state index contributed by atoms with van der Waals surface area (Å²) in [6.07, 6.45) is 2.42. The van der Waals surface area contributed by atoms with E-state index in [2.05, 4.69) is 10.3 Å². The molecule has 2 heterocycles. The molecule has 2 amide bonds. The molecule has 1 aliphatic rings. The Morgan fingerprint density at radius 1 is 1.42 bits per heavy atom. The molecule has 1 aliphatic heterocycles. The van der Waals surface area contributed by atoms with Gasteiger partial charge in [-0.15, -0.1) is 11.3 Å². The standard InChI is InChI=1S/C17H18ClN3O2S/c18-13-4-1-3-12(9-13)6-7-19-15(22)10-14-11-24-17(20-14)21-8-2-5-16(21)23/h1,3-4,9,11H,2,5-8,10H2,(H,19,22). The van der Waals surface area contributed by atoms with Crippen LogP contribution in [0.3, 0.4) is 0 Å². The van der Waals surface area contributed by atoms with E-state index >= 15 is 0 Å². The van der Waals surface area contributed by atoms with Gasteiger partial charge >= 0.3 is 0 Å². The van der Waals surface area contributed by atoms with Crippen LogP contribution in [0.1, 0.15) is 24.1 Å². The van der Waals surface area contributed by atoms with Gasteiger partial charge in [0.15, 0.2) is 5.13 Å². The molecule has 0 radical (unpaired) electrons. The van der Waals surface area contributed by atoms with Crippen molar-refractivity contribution in [2.24, 2.45) is 0 Å². The number of thiazole rings is 1. The molecule has 1 fully saturated rings. The highest BCUT2D eigenvalue weighted by Crippen LogP contribution is 2.25. The van der Waals surface area contributed by atoms with Crippen LogP contribution >= 0.6 is 22.9 Å². The number of anilines is 1. The summed E-state index contributed by atoms with van der Waals surface area (Å²) in [6, 6.07) is 7.61. The molecule has 0 unspecified atom stereocenters. The molecule has 1 aromatic carbocycles. The zero-order chi connectivity index (χ0) is 16.9. The number of hydrogen-bond donors (Lipinski definition) is 1. The van der Waals surface area contributed by atoms with E-state index in [1.54, 1.807) is 4.90 Å². The molecule has 1 aromatic heterocycles. The molecule has 7 heteroatoms. The minimum atomic E-state index is -0.0679. The maximum absolute atomic E-state index is 12.0. The van der Waals surface area contributed by atoms with Crippen molar-refractivity contribution in [2.45, 2.75) is 25.7 Å². The molecule has 1 saturated heterocycles. The summed E-state index contributed by atoms with van der Waals surface area (Å²) >= 11 is 7.35. The first-order valence-electron chi connectivity index (χ1n) is 7.88. The average Bonchev–Trinajstić information content (AvgIpc) is 3.16. The van der Waals surface area contributed by atoms with Crippen LogP contribution < -0.4 is 10.2 Å². The number of nitrogens with one attached hydrogen (secondary N) is 1. The predicted molar refractivity (Wildman–Crippen MR) is 95.6 cm³/mol. The molecule has 0 spiro atoms. The van der Waals surface area contributed by atoms with Crippen molar-refractivity contribution in [1.82, 2.24) is 10.3 Å². The zero-order valence-electron chi connectivity index (χ0n) is 13.1. The van der Waals surface area contributed by atoms with Gasteiger partial charge in [-0.25, -0.2) is 4.98 Å². The van der Waals surface area contributed by atoms with Crippen molar-refractivity contribution in [3.05, 3.63) is 45.9 Å². The Morgan fingerprint density at radius 3 is 3.04 bits per heavy atom. The number of rotatable bonds is 6. The van der Waals surface area contributed by atoms with Crippen LogP contribution in [0.25, 0.3) is 0 Å². The number of carbonyl (C=O) groups is 2. The quantitative estimate of drug-likeness (QED) is 0.858. The lowest BCUT2D eigenvalue weighted by molar-refractivity contribution is -0.120. The first-order valence-corrected chi connectivity index (χ1v) is 9.13. The number of nitrogens with zero attached hydrogens (tertiary/aromatic N) is 2. The van der Waals surface area contributed by atoms with Gasteiger partial charge in [0, 0.05) is 29.9 Å². The van der Waals surface area contributed by atoms with Gasteiger partial charge in [-0.3, -0.25) is 14.5 Å². The molecule has 24 heavy (non-hydrogen) atoms. The third-order valence-electron chi connectivity index (χ3n) is 3.81. The first kappa shape index (κ1) is 16.9. The van der Waals surface area contributed by atoms with Crippen molar-refractivity contribution >= 4 is 39.9 Å². The fourth-order valence-electron chi connectivity index (χ4n) is 2.62. The van der Waals surface area contributed by atoms with Crippen molar-refractivity contribution in [3.63, 3.8) is 0 Å². The van der Waals surface area contributed by atoms with Gasteiger partial charge < -0.3 is 5.32 Å². The van der Waals surface area contributed by atoms with Crippen LogP contribution in [0.4, 0.5) is 5.13 Å². The van der Waals surface area contributed by atoms with Crippen LogP contribution in [0.5, 0.6) is 0 Å². The SMILES string of the molecule is O=C(Cc1csc(N2CCCC2=O)n1)NCCc1cccc(Cl)c1. The van der Waals surface area contributed by atoms with Crippen LogP contribution in [0, 0.1) is 0 Å². The van der Waals surface area contributed by atoms with Gasteiger partial charge in [-0.2, -0.15) is 0 Å². The number of amides is 2. The van der Waals surface area contributed by atoms with Gasteiger partial charge in [0.2, 0.25) is 11.8 Å². The number of benzene rings is 1. The third-order valence-corrected chi connectivity index (χ3v) is 4.96. The fourth-order valence-corrected chi connectivity index (χ4v) is 3.70. The van der Waals surface area contributed by atoms with E-state index in [1.165, 1.54) is 11.3 Å². The van der Waals surface area contributed by atoms with E-state index in [0.717, 1.165) is 24.9 Å². The Kier molecular flexibility index (Phi) is 5.48. The van der Waals surface area contributed by atoms with Gasteiger partial charge in [0.1, 0.15) is 0 Å². The van der Waals surface area contributed by atoms with Gasteiger partial charge in [-0.1, -0.05) is 23.7 Å². The van der Waals surface area contributed by atoms with Gasteiger partial charge in [-0.05, 0) is 30.5 Å². The van der Waals surface area contributed by atoms with Crippen molar-refractivity contribution in [2.75, 3.05) is 18.0 Å². The number of halogens is 1. The molecule has 126 valence electrons. The second kappa shape index (κ2) is 7.77. The van der Waals surface area contributed by atoms with E-state index in [1.807, 2.05) is 29.6 Å². The molecule has 2 aromatic rings. The Bertz CT molecular complexity index is 747. The van der Waals surface area contributed by atoms with E-state index in [4.69, 9.17) is 11.6 Å². The predicted octanol–water partition coefficient (Wildman–Crippen LogP) is 2.82. The summed E-state index contributed by atoms with van der Waals surface area (Å²) < 4.78 is 0. The normalized spacial score (nSPS) is 14.2. The van der Waals surface area contributed by atoms with Gasteiger partial charge in [0.25, 0.3) is 0 Å². The summed E-state index contributed by atoms with van der Waals surface area (Å²) in [5, 5.41) is 6.13. The first-order chi connectivity index (χ1) is 11.6. The molecule has 0 saturated carbocycles. The molecule has 5 nitrogen and oxygen atoms in total. The molecule has 0 bridgehead atoms. The molecule has 3 rings (SSSR count). The number of hydrogen-bond acceptors (Lipinski definition) is 4. The molecule has 1 N–H and O–H groups in total. The monoisotopic (exact) mass is 363 g/mol. The average molecular weight is 364 g/mol. The third kappa shape index (κ3) is 4.33. The Hall–Kier alpha value is -1.92. The van der Waals surface area contributed by atoms with E-state index in [-0.39, 0.29) is 18.2 Å². The highest BCUT2D eigenvalue weighted by Gasteiger charge is 2.24. The summed E-state index contributed by atoms with van der Waals surface area (Å²) in [7, 11) is 0. The molecule has 0 atom stereocenters. The van der Waals surface area contributed by atoms with Crippen LogP contribution in [0.15, 0.2) is 29.6 Å². The lowest BCUT2D eigenvalue weighted by atomic mass is 10.1. The topological polar surface area (TPSA) is 62.3 Å². The highest BCUT2D eigenvalue weighted by molar-refractivity contribution is 7.14. The summed E-state index contributed by atoms with van der Waals surface area (Å²) in [5.74, 6) is 0.0449. The minimum absolute atomic E-state index is 0.0679. The minimum Gasteiger partial charge on any atom is -0.355 e. The summed E-state index contributed by atoms with van der Waals surface area (Å²) in [5.41, 5.74) is 1.79. The fraction of sp³-hybridized carbons (Fsp3) is 0.353. The molecular weight excluding hydrogens is 346 g/mol. The van der Waals surface area contributed by atoms with Crippen LogP contribution in [0.2, 0.25) is 5.02 Å². The van der Waals surface area contributed by atoms with Crippen LogP contribution in [-0.2, 0) is 22.4 Å². The van der Waals surface area contributed by atoms with Crippen LogP contribution in [-0.4, -0.2) is 29.9 Å². The second-order valence-electron chi connectivity index (χ2n) is 5.68. The summed E-state index contributed by atoms with van der Waals surface area (Å²) in [6.45, 7) is 1.28. The maximum Gasteiger partial charge on any atom is 0.228 e. The Balaban J connectivity index is 1.47. The lowest BCUT2D eigenvalue weighted by Gasteiger charge is -2.10. The zero-order valence-corrected chi connectivity index (χ0v) is 14.7. The largest absolute Gasteiger partial charge is 0.355 e. The smallest absolute Gasteiger partial charge is 0.228 e.